The normalized spacial score (nSPS) is 12.1. The van der Waals surface area contributed by atoms with Crippen LogP contribution in [-0.4, -0.2) is 48.5 Å². The highest BCUT2D eigenvalue weighted by Gasteiger charge is 2.26. The number of anilines is 1. The van der Waals surface area contributed by atoms with E-state index in [1.165, 1.54) is 26.4 Å². The molecule has 0 aliphatic heterocycles. The van der Waals surface area contributed by atoms with Crippen molar-refractivity contribution in [2.45, 2.75) is 19.9 Å². The van der Waals surface area contributed by atoms with Gasteiger partial charge in [-0.05, 0) is 26.0 Å². The molecule has 0 aliphatic rings. The van der Waals surface area contributed by atoms with Crippen molar-refractivity contribution in [2.24, 2.45) is 0 Å². The van der Waals surface area contributed by atoms with Gasteiger partial charge in [0, 0.05) is 18.2 Å². The van der Waals surface area contributed by atoms with Gasteiger partial charge >= 0.3 is 0 Å². The zero-order valence-electron chi connectivity index (χ0n) is 18.1. The second-order valence-electron chi connectivity index (χ2n) is 6.59. The maximum Gasteiger partial charge on any atom is 0.254 e. The lowest BCUT2D eigenvalue weighted by Gasteiger charge is -2.25. The molecule has 1 N–H and O–H groups in total. The van der Waals surface area contributed by atoms with Gasteiger partial charge in [-0.3, -0.25) is 9.10 Å². The highest BCUT2D eigenvalue weighted by atomic mass is 32.2. The average Bonchev–Trinajstić information content (AvgIpc) is 2.72. The van der Waals surface area contributed by atoms with Crippen LogP contribution in [0.3, 0.4) is 0 Å². The predicted molar refractivity (Wildman–Crippen MR) is 116 cm³/mol. The quantitative estimate of drug-likeness (QED) is 0.649. The third-order valence-electron chi connectivity index (χ3n) is 4.66. The Bertz CT molecular complexity index is 1010. The van der Waals surface area contributed by atoms with Crippen molar-refractivity contribution in [2.75, 3.05) is 38.4 Å². The van der Waals surface area contributed by atoms with Crippen molar-refractivity contribution >= 4 is 21.6 Å². The number of carbonyl (C=O) groups excluding carboxylic acids is 1. The van der Waals surface area contributed by atoms with Crippen molar-refractivity contribution < 1.29 is 27.4 Å². The van der Waals surface area contributed by atoms with Gasteiger partial charge in [0.15, 0.2) is 11.5 Å². The summed E-state index contributed by atoms with van der Waals surface area (Å²) in [4.78, 5) is 13.2. The Labute approximate surface area is 177 Å². The van der Waals surface area contributed by atoms with Gasteiger partial charge in [0.05, 0.1) is 44.9 Å². The molecule has 2 aromatic carbocycles. The van der Waals surface area contributed by atoms with E-state index in [4.69, 9.17) is 14.2 Å². The van der Waals surface area contributed by atoms with Crippen molar-refractivity contribution in [1.29, 1.82) is 0 Å². The van der Waals surface area contributed by atoms with E-state index >= 15 is 0 Å². The predicted octanol–water partition coefficient (Wildman–Crippen LogP) is 2.99. The first-order chi connectivity index (χ1) is 14.2. The molecular weight excluding hydrogens is 408 g/mol. The van der Waals surface area contributed by atoms with Crippen LogP contribution in [0.25, 0.3) is 0 Å². The minimum atomic E-state index is -3.62. The molecule has 0 saturated heterocycles. The number of rotatable bonds is 9. The number of nitrogens with zero attached hydrogens (tertiary/aromatic N) is 1. The summed E-state index contributed by atoms with van der Waals surface area (Å²) in [5.41, 5.74) is 1.16. The highest BCUT2D eigenvalue weighted by Crippen LogP contribution is 2.36. The van der Waals surface area contributed by atoms with E-state index in [1.807, 2.05) is 31.2 Å². The largest absolute Gasteiger partial charge is 0.496 e. The minimum absolute atomic E-state index is 0.149. The molecule has 0 unspecified atom stereocenters. The molecule has 0 aromatic heterocycles. The van der Waals surface area contributed by atoms with Gasteiger partial charge < -0.3 is 19.5 Å². The van der Waals surface area contributed by atoms with Crippen LogP contribution < -0.4 is 23.8 Å². The molecule has 30 heavy (non-hydrogen) atoms. The lowest BCUT2D eigenvalue weighted by Crippen LogP contribution is -2.33. The van der Waals surface area contributed by atoms with E-state index in [2.05, 4.69) is 5.32 Å². The molecule has 0 aliphatic carbocycles. The van der Waals surface area contributed by atoms with Crippen molar-refractivity contribution in [1.82, 2.24) is 5.32 Å². The molecule has 0 saturated carbocycles. The SMILES string of the molecule is CCN(c1cc(OC)c(OC)cc1C(=O)N[C@@H](C)c1ccccc1OC)S(C)(=O)=O. The molecule has 8 nitrogen and oxygen atoms in total. The number of para-hydroxylation sites is 1. The summed E-state index contributed by atoms with van der Waals surface area (Å²) in [6.07, 6.45) is 1.09. The van der Waals surface area contributed by atoms with E-state index in [0.29, 0.717) is 17.2 Å². The topological polar surface area (TPSA) is 94.2 Å². The zero-order valence-corrected chi connectivity index (χ0v) is 18.9. The van der Waals surface area contributed by atoms with Crippen molar-refractivity contribution in [3.63, 3.8) is 0 Å². The molecule has 164 valence electrons. The Morgan fingerprint density at radius 3 is 2.13 bits per heavy atom. The second kappa shape index (κ2) is 9.71. The number of hydrogen-bond acceptors (Lipinski definition) is 6. The van der Waals surface area contributed by atoms with Gasteiger partial charge in [-0.2, -0.15) is 0 Å². The summed E-state index contributed by atoms with van der Waals surface area (Å²) in [7, 11) is 0.833. The Balaban J connectivity index is 2.53. The van der Waals surface area contributed by atoms with E-state index in [-0.39, 0.29) is 23.8 Å². The first-order valence-corrected chi connectivity index (χ1v) is 11.2. The standard InChI is InChI=1S/C21H28N2O6S/c1-7-23(30(6,25)26)17-13-20(29-5)19(28-4)12-16(17)21(24)22-14(2)15-10-8-9-11-18(15)27-3/h8-14H,7H2,1-6H3,(H,22,24)/t14-/m0/s1. The van der Waals surface area contributed by atoms with Gasteiger partial charge in [-0.15, -0.1) is 0 Å². The molecule has 9 heteroatoms. The van der Waals surface area contributed by atoms with Crippen LogP contribution >= 0.6 is 0 Å². The zero-order chi connectivity index (χ0) is 22.5. The fraction of sp³-hybridized carbons (Fsp3) is 0.381. The molecule has 0 bridgehead atoms. The smallest absolute Gasteiger partial charge is 0.254 e. The monoisotopic (exact) mass is 436 g/mol. The van der Waals surface area contributed by atoms with Gasteiger partial charge in [-0.25, -0.2) is 8.42 Å². The fourth-order valence-electron chi connectivity index (χ4n) is 3.22. The van der Waals surface area contributed by atoms with Crippen LogP contribution in [0.4, 0.5) is 5.69 Å². The first-order valence-electron chi connectivity index (χ1n) is 9.35. The van der Waals surface area contributed by atoms with Gasteiger partial charge in [0.25, 0.3) is 5.91 Å². The van der Waals surface area contributed by atoms with Crippen LogP contribution in [-0.2, 0) is 10.0 Å². The van der Waals surface area contributed by atoms with Gasteiger partial charge in [-0.1, -0.05) is 18.2 Å². The third-order valence-corrected chi connectivity index (χ3v) is 5.91. The lowest BCUT2D eigenvalue weighted by molar-refractivity contribution is 0.0940. The molecule has 2 rings (SSSR count). The Morgan fingerprint density at radius 2 is 1.60 bits per heavy atom. The summed E-state index contributed by atoms with van der Waals surface area (Å²) in [6, 6.07) is 9.94. The van der Waals surface area contributed by atoms with E-state index in [1.54, 1.807) is 14.0 Å². The van der Waals surface area contributed by atoms with Crippen molar-refractivity contribution in [3.05, 3.63) is 47.5 Å². The molecule has 1 atom stereocenters. The number of methoxy groups -OCH3 is 3. The van der Waals surface area contributed by atoms with Crippen molar-refractivity contribution in [3.8, 4) is 17.2 Å². The van der Waals surface area contributed by atoms with Crippen LogP contribution in [0.5, 0.6) is 17.2 Å². The minimum Gasteiger partial charge on any atom is -0.496 e. The number of sulfonamides is 1. The van der Waals surface area contributed by atoms with E-state index < -0.39 is 15.9 Å². The molecule has 0 heterocycles. The molecular formula is C21H28N2O6S. The number of carbonyl (C=O) groups is 1. The van der Waals surface area contributed by atoms with Gasteiger partial charge in [0.1, 0.15) is 5.75 Å². The molecule has 0 spiro atoms. The number of benzene rings is 2. The number of ether oxygens (including phenoxy) is 3. The van der Waals surface area contributed by atoms with Crippen LogP contribution in [0.2, 0.25) is 0 Å². The summed E-state index contributed by atoms with van der Waals surface area (Å²) in [5, 5.41) is 2.91. The Hall–Kier alpha value is -2.94. The summed E-state index contributed by atoms with van der Waals surface area (Å²) >= 11 is 0. The molecule has 2 aromatic rings. The number of nitrogens with one attached hydrogen (secondary N) is 1. The van der Waals surface area contributed by atoms with Gasteiger partial charge in [0.2, 0.25) is 10.0 Å². The molecule has 1 amide bonds. The summed E-state index contributed by atoms with van der Waals surface area (Å²) in [5.74, 6) is 0.834. The third kappa shape index (κ3) is 4.96. The second-order valence-corrected chi connectivity index (χ2v) is 8.50. The van der Waals surface area contributed by atoms with Crippen LogP contribution in [0.15, 0.2) is 36.4 Å². The average molecular weight is 437 g/mol. The van der Waals surface area contributed by atoms with E-state index in [9.17, 15) is 13.2 Å². The highest BCUT2D eigenvalue weighted by molar-refractivity contribution is 7.92. The maximum absolute atomic E-state index is 13.2. The molecule has 0 fully saturated rings. The number of amides is 1. The first kappa shape index (κ1) is 23.3. The molecule has 0 radical (unpaired) electrons. The fourth-order valence-corrected chi connectivity index (χ4v) is 4.19. The van der Waals surface area contributed by atoms with Crippen LogP contribution in [0.1, 0.15) is 35.8 Å². The maximum atomic E-state index is 13.2. The van der Waals surface area contributed by atoms with Crippen LogP contribution in [0, 0.1) is 0 Å². The Kier molecular flexibility index (Phi) is 7.55. The number of hydrogen-bond donors (Lipinski definition) is 1. The lowest BCUT2D eigenvalue weighted by atomic mass is 10.1. The van der Waals surface area contributed by atoms with E-state index in [0.717, 1.165) is 16.1 Å². The summed E-state index contributed by atoms with van der Waals surface area (Å²) in [6.45, 7) is 3.66. The Morgan fingerprint density at radius 1 is 1.03 bits per heavy atom. The summed E-state index contributed by atoms with van der Waals surface area (Å²) < 4.78 is 41.8.